The molecule has 0 fully saturated rings. The number of ether oxygens (including phenoxy) is 2. The predicted octanol–water partition coefficient (Wildman–Crippen LogP) is 3.18. The molecule has 0 unspecified atom stereocenters. The molecule has 0 aliphatic carbocycles. The van der Waals surface area contributed by atoms with E-state index < -0.39 is 22.5 Å². The van der Waals surface area contributed by atoms with Gasteiger partial charge in [0.2, 0.25) is 5.82 Å². The SMILES string of the molecule is CCOc1ccc([C@H](C)[NH2+][C@H](C)C(=O)Nc2ccc(F)c([N+](=O)[O-])c2)cc1OCC. The predicted molar refractivity (Wildman–Crippen MR) is 110 cm³/mol. The fraction of sp³-hybridized carbons (Fsp3) is 0.381. The standard InChI is InChI=1S/C21H26FN3O5/c1-5-29-19-10-7-15(11-20(19)30-6-2)13(3)23-14(4)21(26)24-16-8-9-17(22)18(12-16)25(27)28/h7-14,23H,5-6H2,1-4H3,(H,24,26)/p+1/t13-,14+/m0/s1. The van der Waals surface area contributed by atoms with Crippen LogP contribution in [0, 0.1) is 15.9 Å². The molecule has 162 valence electrons. The summed E-state index contributed by atoms with van der Waals surface area (Å²) >= 11 is 0. The fourth-order valence-electron chi connectivity index (χ4n) is 2.97. The maximum atomic E-state index is 13.5. The number of nitrogens with zero attached hydrogens (tertiary/aromatic N) is 1. The molecule has 0 saturated heterocycles. The molecule has 0 aliphatic rings. The topological polar surface area (TPSA) is 107 Å². The normalized spacial score (nSPS) is 12.7. The van der Waals surface area contributed by atoms with E-state index >= 15 is 0 Å². The van der Waals surface area contributed by atoms with E-state index in [1.165, 1.54) is 6.07 Å². The van der Waals surface area contributed by atoms with Crippen molar-refractivity contribution in [3.63, 3.8) is 0 Å². The van der Waals surface area contributed by atoms with Crippen LogP contribution in [0.2, 0.25) is 0 Å². The van der Waals surface area contributed by atoms with Gasteiger partial charge in [0.15, 0.2) is 17.5 Å². The number of anilines is 1. The van der Waals surface area contributed by atoms with Crippen molar-refractivity contribution in [1.82, 2.24) is 0 Å². The molecule has 0 radical (unpaired) electrons. The lowest BCUT2D eigenvalue weighted by Gasteiger charge is -2.18. The highest BCUT2D eigenvalue weighted by atomic mass is 19.1. The van der Waals surface area contributed by atoms with Crippen molar-refractivity contribution in [1.29, 1.82) is 0 Å². The van der Waals surface area contributed by atoms with Gasteiger partial charge in [0, 0.05) is 17.3 Å². The van der Waals surface area contributed by atoms with Crippen LogP contribution < -0.4 is 20.1 Å². The molecule has 30 heavy (non-hydrogen) atoms. The first-order valence-electron chi connectivity index (χ1n) is 9.76. The molecule has 8 nitrogen and oxygen atoms in total. The number of nitro benzene ring substituents is 1. The highest BCUT2D eigenvalue weighted by molar-refractivity contribution is 5.93. The van der Waals surface area contributed by atoms with Crippen LogP contribution in [0.25, 0.3) is 0 Å². The molecule has 2 aromatic carbocycles. The van der Waals surface area contributed by atoms with E-state index in [1.807, 2.05) is 44.3 Å². The van der Waals surface area contributed by atoms with E-state index in [2.05, 4.69) is 5.32 Å². The number of hydrogen-bond acceptors (Lipinski definition) is 5. The summed E-state index contributed by atoms with van der Waals surface area (Å²) in [7, 11) is 0. The van der Waals surface area contributed by atoms with E-state index in [4.69, 9.17) is 9.47 Å². The molecule has 2 rings (SSSR count). The molecule has 0 bridgehead atoms. The highest BCUT2D eigenvalue weighted by Gasteiger charge is 2.23. The zero-order valence-electron chi connectivity index (χ0n) is 17.5. The number of quaternary nitrogens is 1. The lowest BCUT2D eigenvalue weighted by atomic mass is 10.1. The largest absolute Gasteiger partial charge is 0.490 e. The Balaban J connectivity index is 2.07. The summed E-state index contributed by atoms with van der Waals surface area (Å²) in [5.74, 6) is 0.0115. The van der Waals surface area contributed by atoms with Gasteiger partial charge in [0.25, 0.3) is 5.91 Å². The summed E-state index contributed by atoms with van der Waals surface area (Å²) in [4.78, 5) is 22.5. The number of nitrogens with two attached hydrogens (primary N) is 1. The molecule has 1 amide bonds. The van der Waals surface area contributed by atoms with Crippen LogP contribution in [0.3, 0.4) is 0 Å². The average Bonchev–Trinajstić information content (AvgIpc) is 2.70. The van der Waals surface area contributed by atoms with Crippen LogP contribution in [0.4, 0.5) is 15.8 Å². The number of nitro groups is 1. The van der Waals surface area contributed by atoms with Crippen molar-refractivity contribution in [2.75, 3.05) is 18.5 Å². The molecular weight excluding hydrogens is 393 g/mol. The van der Waals surface area contributed by atoms with Gasteiger partial charge in [-0.2, -0.15) is 4.39 Å². The monoisotopic (exact) mass is 420 g/mol. The van der Waals surface area contributed by atoms with Crippen molar-refractivity contribution in [3.05, 3.63) is 57.9 Å². The lowest BCUT2D eigenvalue weighted by molar-refractivity contribution is -0.709. The van der Waals surface area contributed by atoms with Crippen LogP contribution in [0.15, 0.2) is 36.4 Å². The van der Waals surface area contributed by atoms with E-state index in [9.17, 15) is 19.3 Å². The number of hydrogen-bond donors (Lipinski definition) is 2. The van der Waals surface area contributed by atoms with Crippen LogP contribution in [0.5, 0.6) is 11.5 Å². The highest BCUT2D eigenvalue weighted by Crippen LogP contribution is 2.30. The van der Waals surface area contributed by atoms with Gasteiger partial charge in [0.1, 0.15) is 6.04 Å². The number of carbonyl (C=O) groups excluding carboxylic acids is 1. The van der Waals surface area contributed by atoms with Gasteiger partial charge in [0.05, 0.1) is 18.1 Å². The summed E-state index contributed by atoms with van der Waals surface area (Å²) in [6.07, 6.45) is 0. The molecule has 2 aromatic rings. The van der Waals surface area contributed by atoms with Gasteiger partial charge in [-0.3, -0.25) is 14.9 Å². The third-order valence-corrected chi connectivity index (χ3v) is 4.49. The molecule has 0 saturated carbocycles. The van der Waals surface area contributed by atoms with Gasteiger partial charge < -0.3 is 20.1 Å². The Labute approximate surface area is 174 Å². The molecular formula is C21H27FN3O5+. The summed E-state index contributed by atoms with van der Waals surface area (Å²) in [6, 6.07) is 8.35. The van der Waals surface area contributed by atoms with Gasteiger partial charge in [-0.15, -0.1) is 0 Å². The number of amides is 1. The average molecular weight is 420 g/mol. The number of carbonyl (C=O) groups is 1. The van der Waals surface area contributed by atoms with Gasteiger partial charge in [-0.1, -0.05) is 0 Å². The van der Waals surface area contributed by atoms with Crippen LogP contribution in [0.1, 0.15) is 39.3 Å². The second kappa shape index (κ2) is 10.5. The summed E-state index contributed by atoms with van der Waals surface area (Å²) in [5.41, 5.74) is 0.440. The second-order valence-corrected chi connectivity index (χ2v) is 6.75. The molecule has 0 aliphatic heterocycles. The van der Waals surface area contributed by atoms with Gasteiger partial charge in [-0.25, -0.2) is 0 Å². The van der Waals surface area contributed by atoms with Crippen molar-refractivity contribution in [2.24, 2.45) is 0 Å². The van der Waals surface area contributed by atoms with Gasteiger partial charge >= 0.3 is 5.69 Å². The van der Waals surface area contributed by atoms with Crippen LogP contribution in [-0.4, -0.2) is 30.1 Å². The summed E-state index contributed by atoms with van der Waals surface area (Å²) < 4.78 is 24.7. The first-order valence-corrected chi connectivity index (χ1v) is 9.76. The van der Waals surface area contributed by atoms with E-state index in [0.29, 0.717) is 24.7 Å². The molecule has 3 N–H and O–H groups in total. The Morgan fingerprint density at radius 2 is 1.80 bits per heavy atom. The quantitative estimate of drug-likeness (QED) is 0.453. The van der Waals surface area contributed by atoms with Crippen LogP contribution >= 0.6 is 0 Å². The Morgan fingerprint density at radius 3 is 2.43 bits per heavy atom. The first kappa shape index (κ1) is 23.1. The van der Waals surface area contributed by atoms with Crippen molar-refractivity contribution in [2.45, 2.75) is 39.8 Å². The maximum absolute atomic E-state index is 13.5. The Kier molecular flexibility index (Phi) is 8.11. The third kappa shape index (κ3) is 5.90. The molecule has 0 spiro atoms. The minimum absolute atomic E-state index is 0.0665. The fourth-order valence-corrected chi connectivity index (χ4v) is 2.97. The zero-order chi connectivity index (χ0) is 22.3. The number of halogens is 1. The minimum Gasteiger partial charge on any atom is -0.490 e. The van der Waals surface area contributed by atoms with Crippen LogP contribution in [-0.2, 0) is 4.79 Å². The number of nitrogens with one attached hydrogen (secondary N) is 1. The zero-order valence-corrected chi connectivity index (χ0v) is 17.5. The van der Waals surface area contributed by atoms with Crippen molar-refractivity contribution >= 4 is 17.3 Å². The Hall–Kier alpha value is -3.20. The van der Waals surface area contributed by atoms with E-state index in [0.717, 1.165) is 17.7 Å². The number of benzene rings is 2. The third-order valence-electron chi connectivity index (χ3n) is 4.49. The van der Waals surface area contributed by atoms with E-state index in [-0.39, 0.29) is 17.6 Å². The lowest BCUT2D eigenvalue weighted by Crippen LogP contribution is -2.91. The summed E-state index contributed by atoms with van der Waals surface area (Å²) in [5, 5.41) is 15.3. The Bertz CT molecular complexity index is 906. The number of rotatable bonds is 10. The molecule has 2 atom stereocenters. The minimum atomic E-state index is -0.952. The van der Waals surface area contributed by atoms with Gasteiger partial charge in [-0.05, 0) is 58.0 Å². The van der Waals surface area contributed by atoms with Crippen molar-refractivity contribution < 1.29 is 28.9 Å². The first-order chi connectivity index (χ1) is 14.3. The van der Waals surface area contributed by atoms with E-state index in [1.54, 1.807) is 6.92 Å². The second-order valence-electron chi connectivity index (χ2n) is 6.75. The smallest absolute Gasteiger partial charge is 0.306 e. The Morgan fingerprint density at radius 1 is 1.13 bits per heavy atom. The summed E-state index contributed by atoms with van der Waals surface area (Å²) in [6.45, 7) is 8.50. The maximum Gasteiger partial charge on any atom is 0.306 e. The molecule has 0 aromatic heterocycles. The molecule has 0 heterocycles. The van der Waals surface area contributed by atoms with Crippen molar-refractivity contribution in [3.8, 4) is 11.5 Å². The molecule has 9 heteroatoms.